The van der Waals surface area contributed by atoms with Gasteiger partial charge in [0.05, 0.1) is 0 Å². The van der Waals surface area contributed by atoms with E-state index in [4.69, 9.17) is 19.4 Å². The monoisotopic (exact) mass is 737 g/mol. The fraction of sp³-hybridized carbons (Fsp3) is 0. The van der Waals surface area contributed by atoms with E-state index >= 15 is 0 Å². The second-order valence-corrected chi connectivity index (χ2v) is 16.1. The summed E-state index contributed by atoms with van der Waals surface area (Å²) in [4.78, 5) is 15.6. The summed E-state index contributed by atoms with van der Waals surface area (Å²) in [5.74, 6) is 1.87. The first-order valence-electron chi connectivity index (χ1n) is 18.3. The number of nitrogens with zero attached hydrogens (tertiary/aromatic N) is 3. The molecule has 55 heavy (non-hydrogen) atoms. The quantitative estimate of drug-likeness (QED) is 0.180. The lowest BCUT2D eigenvalue weighted by atomic mass is 9.98. The minimum atomic E-state index is 0.608. The van der Waals surface area contributed by atoms with E-state index in [1.54, 1.807) is 11.3 Å². The molecule has 0 fully saturated rings. The van der Waals surface area contributed by atoms with E-state index in [1.807, 2.05) is 23.5 Å². The van der Waals surface area contributed by atoms with Crippen LogP contribution in [0.3, 0.4) is 0 Å². The van der Waals surface area contributed by atoms with Crippen molar-refractivity contribution in [2.75, 3.05) is 0 Å². The topological polar surface area (TPSA) is 51.8 Å². The second kappa shape index (κ2) is 11.9. The predicted molar refractivity (Wildman–Crippen MR) is 232 cm³/mol. The third-order valence-electron chi connectivity index (χ3n) is 10.7. The van der Waals surface area contributed by atoms with Gasteiger partial charge >= 0.3 is 0 Å². The lowest BCUT2D eigenvalue weighted by molar-refractivity contribution is 0.669. The van der Waals surface area contributed by atoms with Gasteiger partial charge in [-0.2, -0.15) is 0 Å². The Morgan fingerprint density at radius 3 is 1.85 bits per heavy atom. The minimum absolute atomic E-state index is 0.608. The molecular formula is C49H27N3OS2. The Labute approximate surface area is 322 Å². The van der Waals surface area contributed by atoms with Crippen molar-refractivity contribution in [3.05, 3.63) is 164 Å². The highest BCUT2D eigenvalue weighted by molar-refractivity contribution is 7.26. The lowest BCUT2D eigenvalue weighted by Crippen LogP contribution is -2.00. The maximum Gasteiger partial charge on any atom is 0.164 e. The van der Waals surface area contributed by atoms with E-state index in [2.05, 4.69) is 152 Å². The van der Waals surface area contributed by atoms with Gasteiger partial charge < -0.3 is 4.42 Å². The third-order valence-corrected chi connectivity index (χ3v) is 13.0. The Kier molecular flexibility index (Phi) is 6.64. The summed E-state index contributed by atoms with van der Waals surface area (Å²) < 4.78 is 11.7. The maximum absolute atomic E-state index is 6.65. The molecule has 0 atom stereocenters. The van der Waals surface area contributed by atoms with Crippen LogP contribution in [0.5, 0.6) is 0 Å². The van der Waals surface area contributed by atoms with Crippen molar-refractivity contribution in [2.24, 2.45) is 0 Å². The van der Waals surface area contributed by atoms with Gasteiger partial charge in [0.2, 0.25) is 0 Å². The molecule has 0 aliphatic rings. The first-order chi connectivity index (χ1) is 27.2. The SMILES string of the molecule is c1ccc2cc(-c3nc(-c4ccc5c(c4)sc4ccccc45)nc(-c4cccc5oc6cc(-c7cccc8sc9ccccc9c78)ccc6c45)n3)ccc2c1. The van der Waals surface area contributed by atoms with Crippen molar-refractivity contribution in [1.29, 1.82) is 0 Å². The van der Waals surface area contributed by atoms with E-state index in [1.165, 1.54) is 51.3 Å². The molecular weight excluding hydrogens is 711 g/mol. The van der Waals surface area contributed by atoms with Crippen LogP contribution in [-0.4, -0.2) is 15.0 Å². The van der Waals surface area contributed by atoms with Crippen LogP contribution in [0.1, 0.15) is 0 Å². The van der Waals surface area contributed by atoms with Crippen molar-refractivity contribution < 1.29 is 4.42 Å². The fourth-order valence-electron chi connectivity index (χ4n) is 8.14. The summed E-state index contributed by atoms with van der Waals surface area (Å²) >= 11 is 3.63. The Morgan fingerprint density at radius 1 is 0.345 bits per heavy atom. The third kappa shape index (κ3) is 4.85. The maximum atomic E-state index is 6.65. The minimum Gasteiger partial charge on any atom is -0.456 e. The van der Waals surface area contributed by atoms with Crippen LogP contribution in [-0.2, 0) is 0 Å². The van der Waals surface area contributed by atoms with Crippen molar-refractivity contribution in [2.45, 2.75) is 0 Å². The number of furan rings is 1. The average Bonchev–Trinajstić information content (AvgIpc) is 3.94. The molecule has 0 N–H and O–H groups in total. The molecule has 0 bridgehead atoms. The Morgan fingerprint density at radius 2 is 0.964 bits per heavy atom. The van der Waals surface area contributed by atoms with Crippen LogP contribution < -0.4 is 0 Å². The van der Waals surface area contributed by atoms with Gasteiger partial charge in [-0.3, -0.25) is 0 Å². The van der Waals surface area contributed by atoms with Gasteiger partial charge in [-0.15, -0.1) is 22.7 Å². The first kappa shape index (κ1) is 30.7. The smallest absolute Gasteiger partial charge is 0.164 e. The van der Waals surface area contributed by atoms with Gasteiger partial charge in [0.25, 0.3) is 0 Å². The molecule has 0 saturated heterocycles. The van der Waals surface area contributed by atoms with Crippen LogP contribution >= 0.6 is 22.7 Å². The lowest BCUT2D eigenvalue weighted by Gasteiger charge is -2.10. The fourth-order valence-corrected chi connectivity index (χ4v) is 10.4. The zero-order chi connectivity index (χ0) is 36.0. The van der Waals surface area contributed by atoms with E-state index in [-0.39, 0.29) is 0 Å². The average molecular weight is 738 g/mol. The number of benzene rings is 8. The molecule has 0 aliphatic heterocycles. The van der Waals surface area contributed by atoms with Crippen molar-refractivity contribution >= 4 is 95.7 Å². The van der Waals surface area contributed by atoms with Gasteiger partial charge in [-0.05, 0) is 70.4 Å². The molecule has 0 radical (unpaired) electrons. The van der Waals surface area contributed by atoms with E-state index in [0.717, 1.165) is 49.6 Å². The van der Waals surface area contributed by atoms with Crippen LogP contribution in [0.15, 0.2) is 168 Å². The van der Waals surface area contributed by atoms with Crippen LogP contribution in [0.2, 0.25) is 0 Å². The molecule has 0 saturated carbocycles. The Hall–Kier alpha value is -6.73. The van der Waals surface area contributed by atoms with Gasteiger partial charge in [-0.1, -0.05) is 115 Å². The number of hydrogen-bond donors (Lipinski definition) is 0. The van der Waals surface area contributed by atoms with Crippen molar-refractivity contribution in [1.82, 2.24) is 15.0 Å². The number of hydrogen-bond acceptors (Lipinski definition) is 6. The molecule has 0 aliphatic carbocycles. The molecule has 0 unspecified atom stereocenters. The van der Waals surface area contributed by atoms with Gasteiger partial charge in [0, 0.05) is 67.8 Å². The molecule has 8 aromatic carbocycles. The zero-order valence-corrected chi connectivity index (χ0v) is 30.8. The second-order valence-electron chi connectivity index (χ2n) is 13.9. The highest BCUT2D eigenvalue weighted by Crippen LogP contribution is 2.43. The molecule has 6 heteroatoms. The molecule has 12 aromatic rings. The largest absolute Gasteiger partial charge is 0.456 e. The summed E-state index contributed by atoms with van der Waals surface area (Å²) in [7, 11) is 0. The molecule has 12 rings (SSSR count). The van der Waals surface area contributed by atoms with Gasteiger partial charge in [0.1, 0.15) is 11.2 Å². The van der Waals surface area contributed by atoms with Crippen LogP contribution in [0.25, 0.3) is 118 Å². The van der Waals surface area contributed by atoms with E-state index < -0.39 is 0 Å². The molecule has 4 heterocycles. The van der Waals surface area contributed by atoms with Crippen molar-refractivity contribution in [3.63, 3.8) is 0 Å². The predicted octanol–water partition coefficient (Wildman–Crippen LogP) is 14.3. The standard InChI is InChI=1S/C49H27N3OS2/c1-2-10-29-25-31(20-19-28(29)9-1)47-50-48(32-22-23-35-34-11-3-5-16-41(34)55-44(35)27-32)52-49(51-47)38-14-7-15-39-45(38)36-24-21-30(26-40(36)53-39)33-13-8-18-43-46(33)37-12-4-6-17-42(37)54-43/h1-27H. The summed E-state index contributed by atoms with van der Waals surface area (Å²) in [6.07, 6.45) is 0. The van der Waals surface area contributed by atoms with Crippen LogP contribution in [0, 0.1) is 0 Å². The Bertz CT molecular complexity index is 3520. The zero-order valence-electron chi connectivity index (χ0n) is 29.2. The van der Waals surface area contributed by atoms with Gasteiger partial charge in [-0.25, -0.2) is 15.0 Å². The van der Waals surface area contributed by atoms with Crippen molar-refractivity contribution in [3.8, 4) is 45.3 Å². The normalized spacial score (nSPS) is 12.0. The van der Waals surface area contributed by atoms with E-state index in [0.29, 0.717) is 17.5 Å². The number of rotatable bonds is 4. The summed E-state index contributed by atoms with van der Waals surface area (Å²) in [6.45, 7) is 0. The summed E-state index contributed by atoms with van der Waals surface area (Å²) in [6, 6.07) is 57.9. The summed E-state index contributed by atoms with van der Waals surface area (Å²) in [5.41, 5.74) is 6.75. The molecule has 0 amide bonds. The number of aromatic nitrogens is 3. The number of fused-ring (bicyclic) bond motifs is 10. The molecule has 256 valence electrons. The first-order valence-corrected chi connectivity index (χ1v) is 19.9. The molecule has 0 spiro atoms. The number of thiophene rings is 2. The molecule has 4 nitrogen and oxygen atoms in total. The highest BCUT2D eigenvalue weighted by atomic mass is 32.1. The Balaban J connectivity index is 1.06. The van der Waals surface area contributed by atoms with Crippen LogP contribution in [0.4, 0.5) is 0 Å². The molecule has 4 aromatic heterocycles. The van der Waals surface area contributed by atoms with E-state index in [9.17, 15) is 0 Å². The summed E-state index contributed by atoms with van der Waals surface area (Å²) in [5, 5.41) is 9.41. The highest BCUT2D eigenvalue weighted by Gasteiger charge is 2.20. The van der Waals surface area contributed by atoms with Gasteiger partial charge in [0.15, 0.2) is 17.5 Å².